The van der Waals surface area contributed by atoms with Gasteiger partial charge in [-0.1, -0.05) is 6.07 Å². The Hall–Kier alpha value is -2.51. The molecule has 118 valence electrons. The molecule has 0 radical (unpaired) electrons. The molecule has 1 atom stereocenters. The van der Waals surface area contributed by atoms with Crippen LogP contribution in [0.25, 0.3) is 0 Å². The van der Waals surface area contributed by atoms with Crippen LogP contribution >= 0.6 is 0 Å². The molecular formula is C15H17NO6. The monoisotopic (exact) mass is 307 g/mol. The van der Waals surface area contributed by atoms with Crippen LogP contribution in [-0.4, -0.2) is 38.7 Å². The number of ether oxygens (including phenoxy) is 1. The van der Waals surface area contributed by atoms with Crippen molar-refractivity contribution < 1.29 is 25.2 Å². The predicted molar refractivity (Wildman–Crippen MR) is 78.2 cm³/mol. The van der Waals surface area contributed by atoms with E-state index < -0.39 is 17.3 Å². The molecule has 0 aliphatic carbocycles. The van der Waals surface area contributed by atoms with E-state index in [1.807, 2.05) is 0 Å². The summed E-state index contributed by atoms with van der Waals surface area (Å²) < 4.78 is 6.36. The fourth-order valence-corrected chi connectivity index (χ4v) is 2.19. The molecule has 7 heteroatoms. The summed E-state index contributed by atoms with van der Waals surface area (Å²) in [7, 11) is 1.37. The molecule has 0 amide bonds. The molecule has 1 unspecified atom stereocenters. The van der Waals surface area contributed by atoms with Crippen molar-refractivity contribution in [2.75, 3.05) is 13.7 Å². The number of methoxy groups -OCH3 is 1. The topological polar surface area (TPSA) is 112 Å². The Morgan fingerprint density at radius 3 is 2.64 bits per heavy atom. The zero-order valence-corrected chi connectivity index (χ0v) is 11.9. The van der Waals surface area contributed by atoms with Gasteiger partial charge in [-0.05, 0) is 17.7 Å². The number of aromatic nitrogens is 1. The molecule has 0 aliphatic rings. The van der Waals surface area contributed by atoms with E-state index in [0.29, 0.717) is 5.56 Å². The maximum absolute atomic E-state index is 11.6. The Morgan fingerprint density at radius 1 is 1.27 bits per heavy atom. The summed E-state index contributed by atoms with van der Waals surface area (Å²) in [5.41, 5.74) is -0.342. The number of benzene rings is 1. The van der Waals surface area contributed by atoms with Gasteiger partial charge in [0.25, 0.3) is 0 Å². The first-order chi connectivity index (χ1) is 10.5. The van der Waals surface area contributed by atoms with E-state index in [2.05, 4.69) is 0 Å². The molecule has 1 aromatic carbocycles. The number of aliphatic hydroxyl groups excluding tert-OH is 2. The molecule has 7 nitrogen and oxygen atoms in total. The maximum Gasteiger partial charge on any atom is 0.223 e. The van der Waals surface area contributed by atoms with Crippen molar-refractivity contribution in [3.05, 3.63) is 51.9 Å². The molecule has 0 bridgehead atoms. The molecule has 0 saturated heterocycles. The third kappa shape index (κ3) is 2.90. The molecule has 2 rings (SSSR count). The van der Waals surface area contributed by atoms with E-state index in [1.165, 1.54) is 36.1 Å². The van der Waals surface area contributed by atoms with Gasteiger partial charge in [-0.3, -0.25) is 4.79 Å². The third-order valence-corrected chi connectivity index (χ3v) is 3.31. The summed E-state index contributed by atoms with van der Waals surface area (Å²) in [6.45, 7) is -0.115. The van der Waals surface area contributed by atoms with Crippen molar-refractivity contribution in [3.63, 3.8) is 0 Å². The Labute approximate surface area is 126 Å². The normalized spacial score (nSPS) is 12.1. The van der Waals surface area contributed by atoms with Crippen LogP contribution in [0.5, 0.6) is 17.2 Å². The number of hydrogen-bond acceptors (Lipinski definition) is 6. The van der Waals surface area contributed by atoms with Crippen molar-refractivity contribution in [2.45, 2.75) is 12.6 Å². The zero-order valence-electron chi connectivity index (χ0n) is 11.9. The lowest BCUT2D eigenvalue weighted by atomic mass is 10.0. The summed E-state index contributed by atoms with van der Waals surface area (Å²) in [5, 5.41) is 39.1. The number of phenols is 1. The first kappa shape index (κ1) is 15.9. The lowest BCUT2D eigenvalue weighted by Crippen LogP contribution is -2.18. The van der Waals surface area contributed by atoms with Crippen molar-refractivity contribution in [1.29, 1.82) is 0 Å². The summed E-state index contributed by atoms with van der Waals surface area (Å²) >= 11 is 0. The van der Waals surface area contributed by atoms with Gasteiger partial charge in [0, 0.05) is 18.8 Å². The first-order valence-electron chi connectivity index (χ1n) is 6.57. The van der Waals surface area contributed by atoms with Crippen LogP contribution in [0.2, 0.25) is 0 Å². The molecule has 22 heavy (non-hydrogen) atoms. The molecule has 0 saturated carbocycles. The van der Waals surface area contributed by atoms with Gasteiger partial charge in [-0.25, -0.2) is 0 Å². The average Bonchev–Trinajstić information content (AvgIpc) is 2.51. The maximum atomic E-state index is 11.6. The SMILES string of the molecule is COc1cc(C(O)c2c(O)c(=O)ccn2CCO)ccc1O. The Kier molecular flexibility index (Phi) is 4.69. The highest BCUT2D eigenvalue weighted by Crippen LogP contribution is 2.33. The van der Waals surface area contributed by atoms with E-state index >= 15 is 0 Å². The van der Waals surface area contributed by atoms with Crippen molar-refractivity contribution in [2.24, 2.45) is 0 Å². The number of nitrogens with zero attached hydrogens (tertiary/aromatic N) is 1. The summed E-state index contributed by atoms with van der Waals surface area (Å²) in [5.74, 6) is -0.526. The van der Waals surface area contributed by atoms with Crippen molar-refractivity contribution >= 4 is 0 Å². The number of aromatic hydroxyl groups is 2. The molecule has 2 aromatic rings. The van der Waals surface area contributed by atoms with E-state index in [9.17, 15) is 20.1 Å². The minimum atomic E-state index is -1.32. The van der Waals surface area contributed by atoms with Crippen LogP contribution in [0.4, 0.5) is 0 Å². The number of pyridine rings is 1. The highest BCUT2D eigenvalue weighted by molar-refractivity contribution is 5.45. The number of phenolic OH excluding ortho intramolecular Hbond substituents is 1. The largest absolute Gasteiger partial charge is 0.504 e. The summed E-state index contributed by atoms with van der Waals surface area (Å²) in [4.78, 5) is 11.6. The van der Waals surface area contributed by atoms with E-state index in [-0.39, 0.29) is 30.3 Å². The smallest absolute Gasteiger partial charge is 0.223 e. The minimum absolute atomic E-state index is 0.0331. The van der Waals surface area contributed by atoms with E-state index in [4.69, 9.17) is 9.84 Å². The molecule has 1 aromatic heterocycles. The van der Waals surface area contributed by atoms with Gasteiger partial charge in [0.05, 0.1) is 19.4 Å². The van der Waals surface area contributed by atoms with E-state index in [1.54, 1.807) is 0 Å². The number of rotatable bonds is 5. The second-order valence-electron chi connectivity index (χ2n) is 4.66. The Bertz CT molecular complexity index is 724. The second kappa shape index (κ2) is 6.50. The molecule has 0 aliphatic heterocycles. The number of hydrogen-bond donors (Lipinski definition) is 4. The minimum Gasteiger partial charge on any atom is -0.504 e. The average molecular weight is 307 g/mol. The quantitative estimate of drug-likeness (QED) is 0.634. The standard InChI is InChI=1S/C15H17NO6/c1-22-12-8-9(2-3-10(12)18)14(20)13-15(21)11(19)4-5-16(13)6-7-17/h2-5,8,14,17-18,20-21H,6-7H2,1H3. The second-order valence-corrected chi connectivity index (χ2v) is 4.66. The van der Waals surface area contributed by atoms with Crippen LogP contribution < -0.4 is 10.2 Å². The first-order valence-corrected chi connectivity index (χ1v) is 6.57. The van der Waals surface area contributed by atoms with Gasteiger partial charge in [-0.2, -0.15) is 0 Å². The summed E-state index contributed by atoms with van der Waals surface area (Å²) in [6, 6.07) is 5.34. The van der Waals surface area contributed by atoms with Crippen LogP contribution in [0.3, 0.4) is 0 Å². The molecular weight excluding hydrogens is 290 g/mol. The van der Waals surface area contributed by atoms with E-state index in [0.717, 1.165) is 6.07 Å². The van der Waals surface area contributed by atoms with Crippen LogP contribution in [0.1, 0.15) is 17.4 Å². The Morgan fingerprint density at radius 2 is 2.00 bits per heavy atom. The van der Waals surface area contributed by atoms with Gasteiger partial charge in [-0.15, -0.1) is 0 Å². The van der Waals surface area contributed by atoms with Crippen LogP contribution in [0, 0.1) is 0 Å². The van der Waals surface area contributed by atoms with Crippen LogP contribution in [-0.2, 0) is 6.54 Å². The van der Waals surface area contributed by atoms with Gasteiger partial charge in [0.15, 0.2) is 17.2 Å². The zero-order chi connectivity index (χ0) is 16.3. The molecule has 0 fully saturated rings. The molecule has 4 N–H and O–H groups in total. The molecule has 1 heterocycles. The fraction of sp³-hybridized carbons (Fsp3) is 0.267. The Balaban J connectivity index is 2.55. The number of aliphatic hydroxyl groups is 2. The lowest BCUT2D eigenvalue weighted by molar-refractivity contribution is 0.196. The van der Waals surface area contributed by atoms with Gasteiger partial charge in [0.2, 0.25) is 5.43 Å². The van der Waals surface area contributed by atoms with Gasteiger partial charge < -0.3 is 29.7 Å². The molecule has 0 spiro atoms. The van der Waals surface area contributed by atoms with Crippen molar-refractivity contribution in [1.82, 2.24) is 4.57 Å². The fourth-order valence-electron chi connectivity index (χ4n) is 2.19. The van der Waals surface area contributed by atoms with Gasteiger partial charge in [0.1, 0.15) is 6.10 Å². The highest BCUT2D eigenvalue weighted by Gasteiger charge is 2.21. The van der Waals surface area contributed by atoms with Gasteiger partial charge >= 0.3 is 0 Å². The van der Waals surface area contributed by atoms with Crippen molar-refractivity contribution in [3.8, 4) is 17.2 Å². The summed E-state index contributed by atoms with van der Waals surface area (Å²) in [6.07, 6.45) is 0.0593. The van der Waals surface area contributed by atoms with Crippen LogP contribution in [0.15, 0.2) is 35.3 Å². The third-order valence-electron chi connectivity index (χ3n) is 3.31. The lowest BCUT2D eigenvalue weighted by Gasteiger charge is -2.19. The highest BCUT2D eigenvalue weighted by atomic mass is 16.5. The predicted octanol–water partition coefficient (Wildman–Crippen LogP) is 0.342.